The van der Waals surface area contributed by atoms with Crippen molar-refractivity contribution in [2.24, 2.45) is 0 Å². The van der Waals surface area contributed by atoms with Crippen LogP contribution in [0.15, 0.2) is 27.9 Å². The zero-order chi connectivity index (χ0) is 18.7. The van der Waals surface area contributed by atoms with Gasteiger partial charge in [0.25, 0.3) is 10.0 Å². The molecule has 1 unspecified atom stereocenters. The van der Waals surface area contributed by atoms with Gasteiger partial charge in [0.05, 0.1) is 12.7 Å². The number of carbonyl (C=O) groups is 2. The van der Waals surface area contributed by atoms with Gasteiger partial charge in [-0.2, -0.15) is 4.31 Å². The Hall–Kier alpha value is -2.31. The Morgan fingerprint density at radius 1 is 1.42 bits per heavy atom. The summed E-state index contributed by atoms with van der Waals surface area (Å²) in [6.45, 7) is 0.0192. The average molecular weight is 399 g/mol. The minimum absolute atomic E-state index is 0.0435. The summed E-state index contributed by atoms with van der Waals surface area (Å²) in [6, 6.07) is 2.41. The third-order valence-electron chi connectivity index (χ3n) is 3.89. The highest BCUT2D eigenvalue weighted by atomic mass is 32.2. The molecule has 1 amide bonds. The number of nitrogens with one attached hydrogen (secondary N) is 1. The number of aromatic nitrogens is 3. The Morgan fingerprint density at radius 2 is 2.23 bits per heavy atom. The van der Waals surface area contributed by atoms with Gasteiger partial charge in [0.2, 0.25) is 5.91 Å². The Balaban J connectivity index is 1.64. The number of carbonyl (C=O) groups excluding carboxylic acids is 1. The zero-order valence-electron chi connectivity index (χ0n) is 13.6. The van der Waals surface area contributed by atoms with Crippen LogP contribution in [0.2, 0.25) is 0 Å². The molecule has 1 fully saturated rings. The number of aliphatic carboxylic acids is 1. The maximum absolute atomic E-state index is 12.7. The van der Waals surface area contributed by atoms with Crippen molar-refractivity contribution < 1.29 is 23.1 Å². The van der Waals surface area contributed by atoms with Crippen molar-refractivity contribution in [3.05, 3.63) is 29.4 Å². The van der Waals surface area contributed by atoms with Gasteiger partial charge in [0.15, 0.2) is 0 Å². The Labute approximate surface area is 153 Å². The van der Waals surface area contributed by atoms with Crippen LogP contribution in [0.5, 0.6) is 0 Å². The molecule has 140 valence electrons. The molecule has 0 saturated carbocycles. The van der Waals surface area contributed by atoms with Crippen LogP contribution in [-0.2, 0) is 32.7 Å². The van der Waals surface area contributed by atoms with Crippen LogP contribution in [0.4, 0.5) is 0 Å². The van der Waals surface area contributed by atoms with E-state index in [1.54, 1.807) is 11.4 Å². The van der Waals surface area contributed by atoms with E-state index in [2.05, 4.69) is 15.6 Å². The minimum Gasteiger partial charge on any atom is -0.480 e. The van der Waals surface area contributed by atoms with Crippen LogP contribution in [0.25, 0.3) is 0 Å². The molecule has 3 heterocycles. The van der Waals surface area contributed by atoms with E-state index >= 15 is 0 Å². The Morgan fingerprint density at radius 3 is 2.92 bits per heavy atom. The molecule has 0 radical (unpaired) electrons. The molecule has 0 bridgehead atoms. The molecular formula is C14H17N5O5S2. The van der Waals surface area contributed by atoms with Gasteiger partial charge in [0, 0.05) is 6.54 Å². The van der Waals surface area contributed by atoms with Crippen LogP contribution >= 0.6 is 11.3 Å². The second-order valence-corrected chi connectivity index (χ2v) is 8.79. The fourth-order valence-corrected chi connectivity index (χ4v) is 5.52. The molecule has 26 heavy (non-hydrogen) atoms. The van der Waals surface area contributed by atoms with Crippen LogP contribution in [0.1, 0.15) is 18.5 Å². The van der Waals surface area contributed by atoms with Crippen molar-refractivity contribution in [1.82, 2.24) is 24.6 Å². The average Bonchev–Trinajstić information content (AvgIpc) is 3.32. The Kier molecular flexibility index (Phi) is 5.34. The van der Waals surface area contributed by atoms with Gasteiger partial charge >= 0.3 is 5.97 Å². The van der Waals surface area contributed by atoms with Crippen molar-refractivity contribution >= 4 is 33.2 Å². The van der Waals surface area contributed by atoms with Crippen LogP contribution in [0.3, 0.4) is 0 Å². The fraction of sp³-hybridized carbons (Fsp3) is 0.429. The van der Waals surface area contributed by atoms with Gasteiger partial charge in [-0.25, -0.2) is 13.1 Å². The van der Waals surface area contributed by atoms with Gasteiger partial charge in [-0.1, -0.05) is 11.3 Å². The van der Waals surface area contributed by atoms with Gasteiger partial charge in [-0.15, -0.1) is 16.4 Å². The van der Waals surface area contributed by atoms with E-state index in [0.29, 0.717) is 25.1 Å². The summed E-state index contributed by atoms with van der Waals surface area (Å²) >= 11 is 1.12. The first-order valence-corrected chi connectivity index (χ1v) is 10.1. The lowest BCUT2D eigenvalue weighted by Gasteiger charge is -2.22. The third-order valence-corrected chi connectivity index (χ3v) is 7.17. The molecule has 10 nitrogen and oxygen atoms in total. The van der Waals surface area contributed by atoms with Crippen LogP contribution < -0.4 is 5.32 Å². The normalized spacial score (nSPS) is 18.1. The van der Waals surface area contributed by atoms with E-state index in [9.17, 15) is 18.0 Å². The highest BCUT2D eigenvalue weighted by molar-refractivity contribution is 7.91. The number of sulfonamides is 1. The lowest BCUT2D eigenvalue weighted by atomic mass is 10.2. The molecule has 12 heteroatoms. The predicted molar refractivity (Wildman–Crippen MR) is 90.7 cm³/mol. The van der Waals surface area contributed by atoms with Gasteiger partial charge < -0.3 is 10.4 Å². The van der Waals surface area contributed by atoms with E-state index in [1.807, 2.05) is 0 Å². The predicted octanol–water partition coefficient (Wildman–Crippen LogP) is -0.106. The van der Waals surface area contributed by atoms with E-state index in [4.69, 9.17) is 5.11 Å². The molecule has 0 spiro atoms. The molecule has 1 aliphatic heterocycles. The summed E-state index contributed by atoms with van der Waals surface area (Å²) < 4.78 is 27.9. The number of thiophene rings is 1. The highest BCUT2D eigenvalue weighted by Gasteiger charge is 2.39. The summed E-state index contributed by atoms with van der Waals surface area (Å²) in [6.07, 6.45) is 2.48. The first kappa shape index (κ1) is 18.5. The smallest absolute Gasteiger partial charge is 0.325 e. The van der Waals surface area contributed by atoms with Gasteiger partial charge in [0.1, 0.15) is 22.5 Å². The summed E-state index contributed by atoms with van der Waals surface area (Å²) in [7, 11) is -3.69. The first-order chi connectivity index (χ1) is 12.4. The molecule has 2 aromatic rings. The standard InChI is InChI=1S/C14H17N5O5S2/c20-12(21)9-18-8-10(16-17-18)7-15-14(22)11-3-1-5-19(11)26(23,24)13-4-2-6-25-13/h2,4,6,8,11H,1,3,5,7,9H2,(H,15,22)(H,20,21). The molecule has 0 aromatic carbocycles. The largest absolute Gasteiger partial charge is 0.480 e. The summed E-state index contributed by atoms with van der Waals surface area (Å²) in [5.74, 6) is -1.46. The first-order valence-electron chi connectivity index (χ1n) is 7.82. The van der Waals surface area contributed by atoms with E-state index in [-0.39, 0.29) is 17.3 Å². The van der Waals surface area contributed by atoms with Crippen molar-refractivity contribution in [1.29, 1.82) is 0 Å². The van der Waals surface area contributed by atoms with Crippen molar-refractivity contribution in [2.75, 3.05) is 6.54 Å². The second kappa shape index (κ2) is 7.51. The number of hydrogen-bond donors (Lipinski definition) is 2. The van der Waals surface area contributed by atoms with E-state index < -0.39 is 27.9 Å². The molecule has 2 N–H and O–H groups in total. The SMILES string of the molecule is O=C(O)Cn1cc(CNC(=O)C2CCCN2S(=O)(=O)c2cccs2)nn1. The van der Waals surface area contributed by atoms with Crippen molar-refractivity contribution in [3.8, 4) is 0 Å². The summed E-state index contributed by atoms with van der Waals surface area (Å²) in [5, 5.41) is 20.5. The highest BCUT2D eigenvalue weighted by Crippen LogP contribution is 2.28. The molecule has 1 atom stereocenters. The number of rotatable bonds is 7. The van der Waals surface area contributed by atoms with Crippen molar-refractivity contribution in [2.45, 2.75) is 36.2 Å². The lowest BCUT2D eigenvalue weighted by Crippen LogP contribution is -2.45. The maximum atomic E-state index is 12.7. The molecule has 1 aliphatic rings. The summed E-state index contributed by atoms with van der Waals surface area (Å²) in [5.41, 5.74) is 0.394. The molecule has 3 rings (SSSR count). The van der Waals surface area contributed by atoms with Crippen LogP contribution in [-0.4, -0.2) is 57.3 Å². The van der Waals surface area contributed by atoms with Gasteiger partial charge in [-0.05, 0) is 24.3 Å². The van der Waals surface area contributed by atoms with E-state index in [1.165, 1.54) is 16.6 Å². The number of hydrogen-bond acceptors (Lipinski definition) is 7. The molecule has 2 aromatic heterocycles. The second-order valence-electron chi connectivity index (χ2n) is 5.72. The third kappa shape index (κ3) is 3.92. The monoisotopic (exact) mass is 399 g/mol. The molecule has 0 aliphatic carbocycles. The van der Waals surface area contributed by atoms with E-state index in [0.717, 1.165) is 16.0 Å². The number of carboxylic acids is 1. The van der Waals surface area contributed by atoms with Crippen LogP contribution in [0, 0.1) is 0 Å². The topological polar surface area (TPSA) is 134 Å². The number of carboxylic acid groups (broad SMARTS) is 1. The molecule has 1 saturated heterocycles. The molecular weight excluding hydrogens is 382 g/mol. The van der Waals surface area contributed by atoms with Gasteiger partial charge in [-0.3, -0.25) is 9.59 Å². The Bertz CT molecular complexity index is 893. The number of amides is 1. The quantitative estimate of drug-likeness (QED) is 0.663. The summed E-state index contributed by atoms with van der Waals surface area (Å²) in [4.78, 5) is 23.1. The maximum Gasteiger partial charge on any atom is 0.325 e. The lowest BCUT2D eigenvalue weighted by molar-refractivity contribution is -0.138. The fourth-order valence-electron chi connectivity index (χ4n) is 2.75. The number of nitrogens with zero attached hydrogens (tertiary/aromatic N) is 4. The minimum atomic E-state index is -3.69. The van der Waals surface area contributed by atoms with Crippen molar-refractivity contribution in [3.63, 3.8) is 0 Å². The zero-order valence-corrected chi connectivity index (χ0v) is 15.2.